The summed E-state index contributed by atoms with van der Waals surface area (Å²) in [6.45, 7) is 0.277. The van der Waals surface area contributed by atoms with Crippen molar-refractivity contribution >= 4 is 29.3 Å². The molecule has 0 unspecified atom stereocenters. The number of thioether (sulfide) groups is 1. The maximum Gasteiger partial charge on any atom is 0.249 e. The van der Waals surface area contributed by atoms with Gasteiger partial charge in [0.05, 0.1) is 17.1 Å². The van der Waals surface area contributed by atoms with Crippen LogP contribution in [0.1, 0.15) is 29.5 Å². The molecule has 3 aromatic carbocycles. The van der Waals surface area contributed by atoms with Gasteiger partial charge < -0.3 is 9.32 Å². The highest BCUT2D eigenvalue weighted by atomic mass is 35.5. The van der Waals surface area contributed by atoms with Crippen LogP contribution in [0.5, 0.6) is 0 Å². The van der Waals surface area contributed by atoms with E-state index in [4.69, 9.17) is 16.0 Å². The Balaban J connectivity index is 1.41. The zero-order valence-corrected chi connectivity index (χ0v) is 19.4. The Morgan fingerprint density at radius 3 is 2.33 bits per heavy atom. The van der Waals surface area contributed by atoms with Gasteiger partial charge in [-0.3, -0.25) is 4.79 Å². The Kier molecular flexibility index (Phi) is 6.46. The smallest absolute Gasteiger partial charge is 0.249 e. The van der Waals surface area contributed by atoms with Gasteiger partial charge in [0.15, 0.2) is 0 Å². The fourth-order valence-corrected chi connectivity index (χ4v) is 4.99. The SMILES string of the molecule is O=C([C@@H](Sc1ccccc1)c1ccccc1)N(Cc1nnc(-c2ccccc2Cl)o1)C1CC1. The average Bonchev–Trinajstić information content (AvgIpc) is 3.60. The summed E-state index contributed by atoms with van der Waals surface area (Å²) in [5.41, 5.74) is 1.66. The number of aromatic nitrogens is 2. The Labute approximate surface area is 201 Å². The number of carbonyl (C=O) groups is 1. The summed E-state index contributed by atoms with van der Waals surface area (Å²) in [5.74, 6) is 0.814. The molecule has 1 aliphatic rings. The Morgan fingerprint density at radius 2 is 1.64 bits per heavy atom. The van der Waals surface area contributed by atoms with Gasteiger partial charge in [0.2, 0.25) is 17.7 Å². The summed E-state index contributed by atoms with van der Waals surface area (Å²) < 4.78 is 5.91. The van der Waals surface area contributed by atoms with E-state index in [1.165, 1.54) is 0 Å². The molecule has 5 nitrogen and oxygen atoms in total. The van der Waals surface area contributed by atoms with Gasteiger partial charge in [-0.1, -0.05) is 72.3 Å². The highest BCUT2D eigenvalue weighted by Gasteiger charge is 2.38. The van der Waals surface area contributed by atoms with Gasteiger partial charge in [-0.2, -0.15) is 0 Å². The van der Waals surface area contributed by atoms with Crippen molar-refractivity contribution < 1.29 is 9.21 Å². The second kappa shape index (κ2) is 9.81. The number of hydrogen-bond acceptors (Lipinski definition) is 5. The van der Waals surface area contributed by atoms with Crippen LogP contribution in [0.4, 0.5) is 0 Å². The molecule has 0 saturated heterocycles. The molecule has 4 aromatic rings. The first-order valence-electron chi connectivity index (χ1n) is 10.8. The lowest BCUT2D eigenvalue weighted by molar-refractivity contribution is -0.132. The third kappa shape index (κ3) is 5.13. The van der Waals surface area contributed by atoms with Crippen molar-refractivity contribution in [3.05, 3.63) is 101 Å². The minimum Gasteiger partial charge on any atom is -0.419 e. The predicted molar refractivity (Wildman–Crippen MR) is 130 cm³/mol. The van der Waals surface area contributed by atoms with Crippen LogP contribution in [0.15, 0.2) is 94.2 Å². The lowest BCUT2D eigenvalue weighted by Gasteiger charge is -2.26. The molecule has 1 atom stereocenters. The predicted octanol–water partition coefficient (Wildman–Crippen LogP) is 6.41. The van der Waals surface area contributed by atoms with Gasteiger partial charge in [0.25, 0.3) is 0 Å². The van der Waals surface area contributed by atoms with E-state index < -0.39 is 0 Å². The van der Waals surface area contributed by atoms with Gasteiger partial charge >= 0.3 is 0 Å². The molecule has 0 N–H and O–H groups in total. The maximum atomic E-state index is 13.9. The molecule has 0 aliphatic heterocycles. The lowest BCUT2D eigenvalue weighted by Crippen LogP contribution is -2.35. The molecule has 1 amide bonds. The van der Waals surface area contributed by atoms with E-state index >= 15 is 0 Å². The molecule has 0 radical (unpaired) electrons. The molecule has 0 bridgehead atoms. The molecule has 5 rings (SSSR count). The van der Waals surface area contributed by atoms with E-state index in [0.29, 0.717) is 22.4 Å². The number of benzene rings is 3. The van der Waals surface area contributed by atoms with Crippen LogP contribution < -0.4 is 0 Å². The van der Waals surface area contributed by atoms with Crippen molar-refractivity contribution in [3.63, 3.8) is 0 Å². The lowest BCUT2D eigenvalue weighted by atomic mass is 10.1. The number of hydrogen-bond donors (Lipinski definition) is 0. The summed E-state index contributed by atoms with van der Waals surface area (Å²) >= 11 is 7.84. The first-order chi connectivity index (χ1) is 16.2. The Bertz CT molecular complexity index is 1230. The van der Waals surface area contributed by atoms with Gasteiger partial charge in [0, 0.05) is 10.9 Å². The maximum absolute atomic E-state index is 13.9. The molecule has 33 heavy (non-hydrogen) atoms. The van der Waals surface area contributed by atoms with E-state index in [-0.39, 0.29) is 23.7 Å². The van der Waals surface area contributed by atoms with Crippen LogP contribution in [0.25, 0.3) is 11.5 Å². The van der Waals surface area contributed by atoms with E-state index in [1.54, 1.807) is 17.8 Å². The second-order valence-corrected chi connectivity index (χ2v) is 9.49. The molecular weight excluding hydrogens is 454 g/mol. The van der Waals surface area contributed by atoms with Gasteiger partial charge in [-0.25, -0.2) is 0 Å². The van der Waals surface area contributed by atoms with Crippen molar-refractivity contribution in [2.45, 2.75) is 35.6 Å². The van der Waals surface area contributed by atoms with E-state index in [1.807, 2.05) is 83.8 Å². The number of halogens is 1. The third-order valence-corrected chi connectivity index (χ3v) is 7.05. The number of nitrogens with zero attached hydrogens (tertiary/aromatic N) is 3. The van der Waals surface area contributed by atoms with Crippen LogP contribution >= 0.6 is 23.4 Å². The van der Waals surface area contributed by atoms with Crippen molar-refractivity contribution in [3.8, 4) is 11.5 Å². The molecule has 7 heteroatoms. The molecule has 1 aliphatic carbocycles. The van der Waals surface area contributed by atoms with Crippen molar-refractivity contribution in [1.29, 1.82) is 0 Å². The van der Waals surface area contributed by atoms with Crippen molar-refractivity contribution in [2.24, 2.45) is 0 Å². The fraction of sp³-hybridized carbons (Fsp3) is 0.192. The van der Waals surface area contributed by atoms with E-state index in [9.17, 15) is 4.79 Å². The number of amides is 1. The summed E-state index contributed by atoms with van der Waals surface area (Å²) in [7, 11) is 0. The summed E-state index contributed by atoms with van der Waals surface area (Å²) in [5, 5.41) is 8.56. The number of rotatable bonds is 8. The minimum atomic E-state index is -0.361. The van der Waals surface area contributed by atoms with Crippen LogP contribution in [-0.2, 0) is 11.3 Å². The normalized spacial score (nSPS) is 14.1. The largest absolute Gasteiger partial charge is 0.419 e. The fourth-order valence-electron chi connectivity index (χ4n) is 3.65. The Hall–Kier alpha value is -3.09. The highest BCUT2D eigenvalue weighted by molar-refractivity contribution is 8.00. The first-order valence-corrected chi connectivity index (χ1v) is 12.1. The molecule has 166 valence electrons. The molecular formula is C26H22ClN3O2S. The summed E-state index contributed by atoms with van der Waals surface area (Å²) in [4.78, 5) is 16.8. The quantitative estimate of drug-likeness (QED) is 0.275. The highest BCUT2D eigenvalue weighted by Crippen LogP contribution is 2.40. The first kappa shape index (κ1) is 21.7. The van der Waals surface area contributed by atoms with Crippen LogP contribution in [0.3, 0.4) is 0 Å². The topological polar surface area (TPSA) is 59.2 Å². The minimum absolute atomic E-state index is 0.0510. The average molecular weight is 476 g/mol. The molecule has 1 aromatic heterocycles. The standard InChI is InChI=1S/C26H22ClN3O2S/c27-22-14-8-7-13-21(22)25-29-28-23(32-25)17-30(19-15-16-19)26(31)24(18-9-3-1-4-10-18)33-20-11-5-2-6-12-20/h1-14,19,24H,15-17H2/t24-/m0/s1. The zero-order chi connectivity index (χ0) is 22.6. The molecule has 1 saturated carbocycles. The van der Waals surface area contributed by atoms with Crippen molar-refractivity contribution in [1.82, 2.24) is 15.1 Å². The van der Waals surface area contributed by atoms with Crippen LogP contribution in [0.2, 0.25) is 5.02 Å². The summed E-state index contributed by atoms with van der Waals surface area (Å²) in [6, 6.07) is 27.5. The molecule has 0 spiro atoms. The zero-order valence-electron chi connectivity index (χ0n) is 17.8. The molecule has 1 heterocycles. The van der Waals surface area contributed by atoms with Crippen LogP contribution in [0, 0.1) is 0 Å². The molecule has 1 fully saturated rings. The van der Waals surface area contributed by atoms with Gasteiger partial charge in [-0.15, -0.1) is 22.0 Å². The summed E-state index contributed by atoms with van der Waals surface area (Å²) in [6.07, 6.45) is 1.96. The van der Waals surface area contributed by atoms with E-state index in [2.05, 4.69) is 10.2 Å². The van der Waals surface area contributed by atoms with Crippen LogP contribution in [-0.4, -0.2) is 27.0 Å². The monoisotopic (exact) mass is 475 g/mol. The second-order valence-electron chi connectivity index (χ2n) is 7.90. The van der Waals surface area contributed by atoms with Gasteiger partial charge in [-0.05, 0) is 42.7 Å². The Morgan fingerprint density at radius 1 is 0.970 bits per heavy atom. The van der Waals surface area contributed by atoms with E-state index in [0.717, 1.165) is 23.3 Å². The third-order valence-electron chi connectivity index (χ3n) is 5.47. The van der Waals surface area contributed by atoms with Crippen molar-refractivity contribution in [2.75, 3.05) is 0 Å². The van der Waals surface area contributed by atoms with Gasteiger partial charge in [0.1, 0.15) is 5.25 Å². The number of carbonyl (C=O) groups excluding carboxylic acids is 1.